The van der Waals surface area contributed by atoms with E-state index in [0.717, 1.165) is 0 Å². The molecule has 0 aliphatic carbocycles. The molecule has 1 aromatic carbocycles. The summed E-state index contributed by atoms with van der Waals surface area (Å²) in [4.78, 5) is 26.8. The van der Waals surface area contributed by atoms with Gasteiger partial charge in [0.15, 0.2) is 0 Å². The largest absolute Gasteiger partial charge is 0.550 e. The normalized spacial score (nSPS) is 11.9. The number of nitrogens with zero attached hydrogens (tertiary/aromatic N) is 1. The van der Waals surface area contributed by atoms with Gasteiger partial charge in [-0.2, -0.15) is 0 Å². The molecule has 5 nitrogen and oxygen atoms in total. The summed E-state index contributed by atoms with van der Waals surface area (Å²) >= 11 is 7.03. The maximum Gasteiger partial charge on any atom is 0.234 e. The molecule has 0 fully saturated rings. The quantitative estimate of drug-likeness (QED) is 0.910. The number of thiazole rings is 1. The number of aromatic nitrogens is 1. The number of aliphatic carboxylic acids is 1. The first-order valence-electron chi connectivity index (χ1n) is 6.16. The summed E-state index contributed by atoms with van der Waals surface area (Å²) in [7, 11) is 0. The molecular formula is C14H12ClN2O3S-. The minimum absolute atomic E-state index is 0.216. The second-order valence-electron chi connectivity index (χ2n) is 4.44. The molecule has 0 saturated heterocycles. The summed E-state index contributed by atoms with van der Waals surface area (Å²) in [5.41, 5.74) is 1.05. The Balaban J connectivity index is 2.03. The van der Waals surface area contributed by atoms with Gasteiger partial charge in [-0.3, -0.25) is 4.79 Å². The Morgan fingerprint density at radius 1 is 1.38 bits per heavy atom. The summed E-state index contributed by atoms with van der Waals surface area (Å²) in [6.07, 6.45) is -0.248. The first-order chi connectivity index (χ1) is 9.95. The van der Waals surface area contributed by atoms with E-state index in [2.05, 4.69) is 10.3 Å². The van der Waals surface area contributed by atoms with Crippen LogP contribution in [-0.4, -0.2) is 16.9 Å². The van der Waals surface area contributed by atoms with Crippen molar-refractivity contribution >= 4 is 40.5 Å². The first kappa shape index (κ1) is 15.5. The molecule has 0 spiro atoms. The van der Waals surface area contributed by atoms with Gasteiger partial charge in [0.2, 0.25) is 5.91 Å². The zero-order valence-electron chi connectivity index (χ0n) is 11.1. The lowest BCUT2D eigenvalue weighted by Gasteiger charge is -2.10. The van der Waals surface area contributed by atoms with Crippen molar-refractivity contribution in [3.8, 4) is 0 Å². The highest BCUT2D eigenvalue weighted by Gasteiger charge is 2.19. The first-order valence-corrected chi connectivity index (χ1v) is 7.42. The fourth-order valence-electron chi connectivity index (χ4n) is 1.65. The van der Waals surface area contributed by atoms with Crippen LogP contribution in [0.25, 0.3) is 0 Å². The summed E-state index contributed by atoms with van der Waals surface area (Å²) in [6.45, 7) is 1.72. The van der Waals surface area contributed by atoms with Crippen LogP contribution in [0.4, 0.5) is 5.69 Å². The molecule has 1 aromatic heterocycles. The molecule has 2 rings (SSSR count). The van der Waals surface area contributed by atoms with Crippen LogP contribution < -0.4 is 10.4 Å². The maximum atomic E-state index is 12.1. The van der Waals surface area contributed by atoms with Crippen molar-refractivity contribution in [2.45, 2.75) is 19.3 Å². The minimum atomic E-state index is -1.19. The highest BCUT2D eigenvalue weighted by Crippen LogP contribution is 2.22. The average molecular weight is 324 g/mol. The lowest BCUT2D eigenvalue weighted by Crippen LogP contribution is -2.24. The second kappa shape index (κ2) is 6.69. The third-order valence-electron chi connectivity index (χ3n) is 2.77. The van der Waals surface area contributed by atoms with Gasteiger partial charge in [0, 0.05) is 28.5 Å². The molecule has 0 radical (unpaired) electrons. The predicted molar refractivity (Wildman–Crippen MR) is 79.3 cm³/mol. The number of rotatable bonds is 5. The lowest BCUT2D eigenvalue weighted by atomic mass is 10.1. The van der Waals surface area contributed by atoms with Crippen LogP contribution in [0.15, 0.2) is 29.6 Å². The van der Waals surface area contributed by atoms with Gasteiger partial charge in [-0.05, 0) is 31.2 Å². The third kappa shape index (κ3) is 4.27. The highest BCUT2D eigenvalue weighted by molar-refractivity contribution is 7.09. The van der Waals surface area contributed by atoms with Gasteiger partial charge in [-0.25, -0.2) is 4.98 Å². The summed E-state index contributed by atoms with van der Waals surface area (Å²) in [5, 5.41) is 16.1. The Labute approximate surface area is 130 Å². The van der Waals surface area contributed by atoms with Crippen molar-refractivity contribution in [1.82, 2.24) is 4.98 Å². The molecule has 1 amide bonds. The molecule has 1 atom stereocenters. The van der Waals surface area contributed by atoms with Crippen LogP contribution in [-0.2, 0) is 16.0 Å². The Hall–Kier alpha value is -1.92. The van der Waals surface area contributed by atoms with E-state index >= 15 is 0 Å². The highest BCUT2D eigenvalue weighted by atomic mass is 35.5. The van der Waals surface area contributed by atoms with E-state index in [4.69, 9.17) is 11.6 Å². The van der Waals surface area contributed by atoms with E-state index in [0.29, 0.717) is 21.4 Å². The number of anilines is 1. The number of carboxylic acids is 1. The number of hydrogen-bond acceptors (Lipinski definition) is 5. The Morgan fingerprint density at radius 3 is 2.67 bits per heavy atom. The molecule has 110 valence electrons. The molecule has 0 bridgehead atoms. The van der Waals surface area contributed by atoms with Crippen LogP contribution in [0.2, 0.25) is 5.02 Å². The van der Waals surface area contributed by atoms with E-state index in [-0.39, 0.29) is 12.3 Å². The standard InChI is InChI=1S/C14H13ClN2O3S/c1-8(14-17-11(7-21-14)6-12(18)19)13(20)16-10-4-2-9(15)3-5-10/h2-5,7-8H,6H2,1H3,(H,16,20)(H,18,19)/p-1/t8-/m0/s1. The average Bonchev–Trinajstić information content (AvgIpc) is 2.88. The van der Waals surface area contributed by atoms with Crippen molar-refractivity contribution < 1.29 is 14.7 Å². The summed E-state index contributed by atoms with van der Waals surface area (Å²) in [5.74, 6) is -1.88. The van der Waals surface area contributed by atoms with Crippen LogP contribution in [0.5, 0.6) is 0 Å². The number of benzene rings is 1. The Morgan fingerprint density at radius 2 is 2.05 bits per heavy atom. The van der Waals surface area contributed by atoms with Gasteiger partial charge in [0.1, 0.15) is 5.01 Å². The number of carbonyl (C=O) groups is 2. The number of hydrogen-bond donors (Lipinski definition) is 1. The Kier molecular flexibility index (Phi) is 4.93. The molecule has 2 aromatic rings. The number of nitrogens with one attached hydrogen (secondary N) is 1. The van der Waals surface area contributed by atoms with Crippen molar-refractivity contribution in [3.05, 3.63) is 45.4 Å². The van der Waals surface area contributed by atoms with Gasteiger partial charge >= 0.3 is 0 Å². The summed E-state index contributed by atoms with van der Waals surface area (Å²) in [6, 6.07) is 6.78. The molecule has 21 heavy (non-hydrogen) atoms. The lowest BCUT2D eigenvalue weighted by molar-refractivity contribution is -0.304. The van der Waals surface area contributed by atoms with E-state index in [1.165, 1.54) is 11.3 Å². The van der Waals surface area contributed by atoms with Crippen molar-refractivity contribution in [2.75, 3.05) is 5.32 Å². The van der Waals surface area contributed by atoms with Gasteiger partial charge in [-0.1, -0.05) is 11.6 Å². The van der Waals surface area contributed by atoms with Crippen LogP contribution >= 0.6 is 22.9 Å². The SMILES string of the molecule is C[C@@H](C(=O)Nc1ccc(Cl)cc1)c1nc(CC(=O)[O-])cs1. The smallest absolute Gasteiger partial charge is 0.234 e. The second-order valence-corrected chi connectivity index (χ2v) is 5.77. The molecule has 1 heterocycles. The van der Waals surface area contributed by atoms with Gasteiger partial charge in [-0.15, -0.1) is 11.3 Å². The molecule has 0 unspecified atom stereocenters. The van der Waals surface area contributed by atoms with Crippen LogP contribution in [0, 0.1) is 0 Å². The zero-order chi connectivity index (χ0) is 15.4. The van der Waals surface area contributed by atoms with Crippen molar-refractivity contribution in [2.24, 2.45) is 0 Å². The van der Waals surface area contributed by atoms with E-state index < -0.39 is 11.9 Å². The van der Waals surface area contributed by atoms with E-state index in [1.807, 2.05) is 0 Å². The fraction of sp³-hybridized carbons (Fsp3) is 0.214. The molecule has 0 saturated carbocycles. The van der Waals surface area contributed by atoms with Gasteiger partial charge in [0.05, 0.1) is 11.6 Å². The predicted octanol–water partition coefficient (Wildman–Crippen LogP) is 1.83. The number of halogens is 1. The Bertz CT molecular complexity index is 654. The minimum Gasteiger partial charge on any atom is -0.550 e. The molecule has 0 aliphatic heterocycles. The molecular weight excluding hydrogens is 312 g/mol. The summed E-state index contributed by atoms with van der Waals surface area (Å²) < 4.78 is 0. The fourth-order valence-corrected chi connectivity index (χ4v) is 2.65. The third-order valence-corrected chi connectivity index (χ3v) is 4.10. The van der Waals surface area contributed by atoms with Crippen LogP contribution in [0.1, 0.15) is 23.5 Å². The number of carboxylic acid groups (broad SMARTS) is 1. The van der Waals surface area contributed by atoms with Crippen LogP contribution in [0.3, 0.4) is 0 Å². The molecule has 0 aliphatic rings. The molecule has 7 heteroatoms. The molecule has 1 N–H and O–H groups in total. The van der Waals surface area contributed by atoms with E-state index in [9.17, 15) is 14.7 Å². The number of amides is 1. The van der Waals surface area contributed by atoms with Crippen molar-refractivity contribution in [3.63, 3.8) is 0 Å². The van der Waals surface area contributed by atoms with E-state index in [1.54, 1.807) is 36.6 Å². The van der Waals surface area contributed by atoms with Gasteiger partial charge in [0.25, 0.3) is 0 Å². The maximum absolute atomic E-state index is 12.1. The van der Waals surface area contributed by atoms with Crippen molar-refractivity contribution in [1.29, 1.82) is 0 Å². The zero-order valence-corrected chi connectivity index (χ0v) is 12.7. The topological polar surface area (TPSA) is 82.1 Å². The monoisotopic (exact) mass is 323 g/mol. The number of carbonyl (C=O) groups excluding carboxylic acids is 2. The van der Waals surface area contributed by atoms with Gasteiger partial charge < -0.3 is 15.2 Å².